The minimum atomic E-state index is -0.757. The lowest BCUT2D eigenvalue weighted by molar-refractivity contribution is 0.0995. The van der Waals surface area contributed by atoms with Crippen molar-refractivity contribution in [3.05, 3.63) is 26.0 Å². The smallest absolute Gasteiger partial charge is 0.267 e. The molecule has 82 valence electrons. The highest BCUT2D eigenvalue weighted by Gasteiger charge is 2.20. The van der Waals surface area contributed by atoms with Crippen molar-refractivity contribution in [3.8, 4) is 5.88 Å². The molecule has 0 bridgehead atoms. The van der Waals surface area contributed by atoms with E-state index >= 15 is 0 Å². The molecule has 0 fully saturated rings. The first-order valence-corrected chi connectivity index (χ1v) is 5.12. The second kappa shape index (κ2) is 4.06. The van der Waals surface area contributed by atoms with Crippen LogP contribution < -0.4 is 11.3 Å². The number of hydrogen-bond acceptors (Lipinski definition) is 3. The van der Waals surface area contributed by atoms with Crippen molar-refractivity contribution in [2.75, 3.05) is 0 Å². The highest BCUT2D eigenvalue weighted by Crippen LogP contribution is 2.23. The number of rotatable bonds is 2. The van der Waals surface area contributed by atoms with Crippen LogP contribution in [0.25, 0.3) is 0 Å². The summed E-state index contributed by atoms with van der Waals surface area (Å²) in [6, 6.07) is 0. The predicted molar refractivity (Wildman–Crippen MR) is 59.0 cm³/mol. The molecule has 0 saturated heterocycles. The number of primary amides is 1. The van der Waals surface area contributed by atoms with Crippen molar-refractivity contribution in [1.82, 2.24) is 4.57 Å². The van der Waals surface area contributed by atoms with Crippen LogP contribution in [0.5, 0.6) is 5.88 Å². The lowest BCUT2D eigenvalue weighted by Crippen LogP contribution is -2.25. The highest BCUT2D eigenvalue weighted by atomic mass is 79.9. The Labute approximate surface area is 94.6 Å². The van der Waals surface area contributed by atoms with Crippen molar-refractivity contribution >= 4 is 21.8 Å². The first-order chi connectivity index (χ1) is 6.91. The van der Waals surface area contributed by atoms with Gasteiger partial charge in [-0.3, -0.25) is 14.2 Å². The number of aromatic nitrogens is 1. The van der Waals surface area contributed by atoms with Crippen LogP contribution in [-0.4, -0.2) is 15.6 Å². The van der Waals surface area contributed by atoms with Gasteiger partial charge in [-0.25, -0.2) is 0 Å². The average Bonchev–Trinajstić information content (AvgIpc) is 2.15. The molecule has 0 atom stereocenters. The van der Waals surface area contributed by atoms with Crippen LogP contribution in [0.1, 0.15) is 22.8 Å². The minimum absolute atomic E-state index is 0.0247. The van der Waals surface area contributed by atoms with Crippen LogP contribution in [0.2, 0.25) is 0 Å². The van der Waals surface area contributed by atoms with Crippen molar-refractivity contribution < 1.29 is 9.90 Å². The lowest BCUT2D eigenvalue weighted by atomic mass is 10.1. The standard InChI is InChI=1S/C9H11BrN2O3/c1-3-12-8(14)5(7(11)13)4(2)6(10)9(12)15/h14H,3H2,1-2H3,(H2,11,13). The molecule has 3 N–H and O–H groups in total. The van der Waals surface area contributed by atoms with Gasteiger partial charge in [-0.1, -0.05) is 0 Å². The van der Waals surface area contributed by atoms with Gasteiger partial charge in [-0.15, -0.1) is 0 Å². The highest BCUT2D eigenvalue weighted by molar-refractivity contribution is 9.10. The molecule has 1 rings (SSSR count). The molecule has 0 aliphatic heterocycles. The van der Waals surface area contributed by atoms with Crippen molar-refractivity contribution in [2.24, 2.45) is 5.73 Å². The number of aromatic hydroxyl groups is 1. The largest absolute Gasteiger partial charge is 0.494 e. The summed E-state index contributed by atoms with van der Waals surface area (Å²) in [5.41, 5.74) is 5.08. The second-order valence-electron chi connectivity index (χ2n) is 3.05. The summed E-state index contributed by atoms with van der Waals surface area (Å²) in [5.74, 6) is -1.14. The molecule has 0 aromatic carbocycles. The Morgan fingerprint density at radius 3 is 2.53 bits per heavy atom. The molecule has 6 heteroatoms. The molecule has 1 heterocycles. The van der Waals surface area contributed by atoms with E-state index in [1.54, 1.807) is 13.8 Å². The Bertz CT molecular complexity index is 479. The molecule has 15 heavy (non-hydrogen) atoms. The lowest BCUT2D eigenvalue weighted by Gasteiger charge is -2.12. The van der Waals surface area contributed by atoms with Crippen molar-refractivity contribution in [3.63, 3.8) is 0 Å². The predicted octanol–water partition coefficient (Wildman–Crippen LogP) is 0.744. The van der Waals surface area contributed by atoms with Gasteiger partial charge in [0.2, 0.25) is 5.88 Å². The average molecular weight is 275 g/mol. The molecular weight excluding hydrogens is 264 g/mol. The van der Waals surface area contributed by atoms with Gasteiger partial charge >= 0.3 is 0 Å². The number of nitrogens with zero attached hydrogens (tertiary/aromatic N) is 1. The molecule has 0 radical (unpaired) electrons. The number of amides is 1. The molecular formula is C9H11BrN2O3. The topological polar surface area (TPSA) is 85.3 Å². The summed E-state index contributed by atoms with van der Waals surface area (Å²) >= 11 is 3.07. The van der Waals surface area contributed by atoms with E-state index < -0.39 is 5.91 Å². The van der Waals surface area contributed by atoms with Gasteiger partial charge < -0.3 is 10.8 Å². The zero-order chi connectivity index (χ0) is 11.7. The van der Waals surface area contributed by atoms with Crippen LogP contribution in [0.15, 0.2) is 9.27 Å². The SMILES string of the molecule is CCn1c(O)c(C(N)=O)c(C)c(Br)c1=O. The third-order valence-electron chi connectivity index (χ3n) is 2.18. The number of nitrogens with two attached hydrogens (primary N) is 1. The van der Waals surface area contributed by atoms with Gasteiger partial charge in [0.25, 0.3) is 11.5 Å². The van der Waals surface area contributed by atoms with Crippen LogP contribution in [-0.2, 0) is 6.54 Å². The molecule has 0 unspecified atom stereocenters. The van der Waals surface area contributed by atoms with Gasteiger partial charge in [-0.05, 0) is 35.3 Å². The number of hydrogen-bond donors (Lipinski definition) is 2. The van der Waals surface area contributed by atoms with E-state index in [2.05, 4.69) is 15.9 Å². The molecule has 1 aromatic rings. The molecule has 0 aliphatic carbocycles. The maximum absolute atomic E-state index is 11.6. The van der Waals surface area contributed by atoms with E-state index in [0.29, 0.717) is 5.56 Å². The number of carbonyl (C=O) groups excluding carboxylic acids is 1. The van der Waals surface area contributed by atoms with Gasteiger partial charge in [0.1, 0.15) is 5.56 Å². The zero-order valence-corrected chi connectivity index (χ0v) is 9.96. The van der Waals surface area contributed by atoms with E-state index in [1.807, 2.05) is 0 Å². The van der Waals surface area contributed by atoms with Crippen LogP contribution in [0.4, 0.5) is 0 Å². The van der Waals surface area contributed by atoms with E-state index in [9.17, 15) is 14.7 Å². The molecule has 1 aromatic heterocycles. The molecule has 0 saturated carbocycles. The summed E-state index contributed by atoms with van der Waals surface area (Å²) in [5, 5.41) is 9.69. The third kappa shape index (κ3) is 1.77. The quantitative estimate of drug-likeness (QED) is 0.834. The van der Waals surface area contributed by atoms with E-state index in [4.69, 9.17) is 5.73 Å². The first-order valence-electron chi connectivity index (χ1n) is 4.33. The second-order valence-corrected chi connectivity index (χ2v) is 3.84. The Morgan fingerprint density at radius 1 is 1.60 bits per heavy atom. The Balaban J connectivity index is 3.76. The fourth-order valence-electron chi connectivity index (χ4n) is 1.38. The molecule has 1 amide bonds. The monoisotopic (exact) mass is 274 g/mol. The van der Waals surface area contributed by atoms with E-state index in [0.717, 1.165) is 4.57 Å². The third-order valence-corrected chi connectivity index (χ3v) is 3.11. The fraction of sp³-hybridized carbons (Fsp3) is 0.333. The van der Waals surface area contributed by atoms with E-state index in [1.165, 1.54) is 0 Å². The Hall–Kier alpha value is -1.30. The number of halogens is 1. The van der Waals surface area contributed by atoms with Gasteiger partial charge in [0, 0.05) is 6.54 Å². The van der Waals surface area contributed by atoms with Crippen molar-refractivity contribution in [1.29, 1.82) is 0 Å². The number of carbonyl (C=O) groups is 1. The fourth-order valence-corrected chi connectivity index (χ4v) is 1.79. The van der Waals surface area contributed by atoms with Crippen LogP contribution >= 0.6 is 15.9 Å². The Kier molecular flexibility index (Phi) is 3.18. The summed E-state index contributed by atoms with van der Waals surface area (Å²) in [6.07, 6.45) is 0. The van der Waals surface area contributed by atoms with Gasteiger partial charge in [-0.2, -0.15) is 0 Å². The molecule has 5 nitrogen and oxygen atoms in total. The molecule has 0 aliphatic rings. The first kappa shape index (κ1) is 11.8. The van der Waals surface area contributed by atoms with Crippen molar-refractivity contribution in [2.45, 2.75) is 20.4 Å². The molecule has 0 spiro atoms. The van der Waals surface area contributed by atoms with Crippen LogP contribution in [0, 0.1) is 6.92 Å². The van der Waals surface area contributed by atoms with Gasteiger partial charge in [0.05, 0.1) is 4.47 Å². The maximum Gasteiger partial charge on any atom is 0.267 e. The Morgan fingerprint density at radius 2 is 2.13 bits per heavy atom. The van der Waals surface area contributed by atoms with Gasteiger partial charge in [0.15, 0.2) is 0 Å². The summed E-state index contributed by atoms with van der Waals surface area (Å²) in [4.78, 5) is 22.7. The zero-order valence-electron chi connectivity index (χ0n) is 8.37. The summed E-state index contributed by atoms with van der Waals surface area (Å²) in [7, 11) is 0. The summed E-state index contributed by atoms with van der Waals surface area (Å²) in [6.45, 7) is 3.50. The summed E-state index contributed by atoms with van der Waals surface area (Å²) < 4.78 is 1.33. The number of pyridine rings is 1. The van der Waals surface area contributed by atoms with Crippen LogP contribution in [0.3, 0.4) is 0 Å². The minimum Gasteiger partial charge on any atom is -0.494 e. The maximum atomic E-state index is 11.6. The van der Waals surface area contributed by atoms with E-state index in [-0.39, 0.29) is 28.0 Å². The normalized spacial score (nSPS) is 10.3.